The third-order valence-corrected chi connectivity index (χ3v) is 5.78. The minimum Gasteiger partial charge on any atom is -0.481 e. The van der Waals surface area contributed by atoms with Crippen molar-refractivity contribution in [1.82, 2.24) is 10.3 Å². The Morgan fingerprint density at radius 1 is 1.25 bits per heavy atom. The van der Waals surface area contributed by atoms with E-state index in [0.29, 0.717) is 18.1 Å². The van der Waals surface area contributed by atoms with Crippen molar-refractivity contribution in [2.75, 3.05) is 23.7 Å². The van der Waals surface area contributed by atoms with Gasteiger partial charge in [-0.25, -0.2) is 9.37 Å². The molecule has 4 N–H and O–H groups in total. The van der Waals surface area contributed by atoms with E-state index in [1.165, 1.54) is 12.3 Å². The second-order valence-corrected chi connectivity index (χ2v) is 8.11. The number of rotatable bonds is 8. The van der Waals surface area contributed by atoms with E-state index in [4.69, 9.17) is 5.11 Å². The molecule has 1 aromatic heterocycles. The zero-order chi connectivity index (χ0) is 22.5. The average molecular weight is 435 g/mol. The average Bonchev–Trinajstić information content (AvgIpc) is 2.79. The van der Waals surface area contributed by atoms with Crippen LogP contribution in [0.2, 0.25) is 0 Å². The Kier molecular flexibility index (Phi) is 6.66. The molecule has 2 aromatic carbocycles. The number of aliphatic carboxylic acids is 1. The molecule has 3 aromatic rings. The first-order chi connectivity index (χ1) is 15.5. The highest BCUT2D eigenvalue weighted by molar-refractivity contribution is 5.71. The lowest BCUT2D eigenvalue weighted by molar-refractivity contribution is -0.136. The molecular formula is C25H27FN4O2. The smallest absolute Gasteiger partial charge is 0.307 e. The van der Waals surface area contributed by atoms with Crippen LogP contribution in [0.4, 0.5) is 15.9 Å². The fourth-order valence-corrected chi connectivity index (χ4v) is 4.10. The number of carboxylic acids is 1. The summed E-state index contributed by atoms with van der Waals surface area (Å²) in [6.45, 7) is 3.28. The van der Waals surface area contributed by atoms with Crippen LogP contribution in [0.15, 0.2) is 60.8 Å². The van der Waals surface area contributed by atoms with Crippen LogP contribution in [0.25, 0.3) is 0 Å². The lowest BCUT2D eigenvalue weighted by atomic mass is 9.97. The summed E-state index contributed by atoms with van der Waals surface area (Å²) in [7, 11) is 0. The van der Waals surface area contributed by atoms with E-state index in [9.17, 15) is 9.18 Å². The molecule has 0 unspecified atom stereocenters. The quantitative estimate of drug-likeness (QED) is 0.430. The molecule has 4 rings (SSSR count). The molecule has 0 amide bonds. The van der Waals surface area contributed by atoms with Crippen LogP contribution < -0.4 is 16.0 Å². The van der Waals surface area contributed by atoms with E-state index in [1.807, 2.05) is 37.3 Å². The van der Waals surface area contributed by atoms with Crippen molar-refractivity contribution in [2.24, 2.45) is 0 Å². The maximum atomic E-state index is 13.5. The van der Waals surface area contributed by atoms with E-state index in [2.05, 4.69) is 39.1 Å². The number of hydrogen-bond donors (Lipinski definition) is 4. The number of carbonyl (C=O) groups is 1. The monoisotopic (exact) mass is 434 g/mol. The minimum atomic E-state index is -0.822. The number of anilines is 2. The second kappa shape index (κ2) is 9.78. The molecule has 2 heterocycles. The first kappa shape index (κ1) is 21.8. The maximum Gasteiger partial charge on any atom is 0.307 e. The van der Waals surface area contributed by atoms with E-state index >= 15 is 0 Å². The zero-order valence-corrected chi connectivity index (χ0v) is 17.9. The molecule has 0 saturated carbocycles. The molecule has 0 spiro atoms. The highest BCUT2D eigenvalue weighted by Gasteiger charge is 2.27. The second-order valence-electron chi connectivity index (χ2n) is 8.11. The molecular weight excluding hydrogens is 407 g/mol. The van der Waals surface area contributed by atoms with Crippen LogP contribution in [-0.4, -0.2) is 35.2 Å². The molecule has 0 saturated heterocycles. The molecule has 6 nitrogen and oxygen atoms in total. The topological polar surface area (TPSA) is 86.3 Å². The summed E-state index contributed by atoms with van der Waals surface area (Å²) in [4.78, 5) is 15.3. The minimum absolute atomic E-state index is 0.00708. The van der Waals surface area contributed by atoms with Gasteiger partial charge >= 0.3 is 5.97 Å². The van der Waals surface area contributed by atoms with Gasteiger partial charge in [0.25, 0.3) is 0 Å². The third kappa shape index (κ3) is 5.23. The Hall–Kier alpha value is -3.45. The molecule has 1 aliphatic rings. The van der Waals surface area contributed by atoms with Crippen molar-refractivity contribution in [3.63, 3.8) is 0 Å². The Labute approximate surface area is 186 Å². The van der Waals surface area contributed by atoms with Gasteiger partial charge in [-0.15, -0.1) is 0 Å². The SMILES string of the molecule is Cc1ccc(CCN[C@H](c2ccccc2)[C@H]2CNc3cc(F)cnc3N2)cc1CC(=O)O. The molecule has 32 heavy (non-hydrogen) atoms. The summed E-state index contributed by atoms with van der Waals surface area (Å²) in [5.41, 5.74) is 4.75. The summed E-state index contributed by atoms with van der Waals surface area (Å²) in [5, 5.41) is 19.5. The lowest BCUT2D eigenvalue weighted by Gasteiger charge is -2.34. The van der Waals surface area contributed by atoms with Gasteiger partial charge in [-0.1, -0.05) is 48.5 Å². The summed E-state index contributed by atoms with van der Waals surface area (Å²) >= 11 is 0. The predicted molar refractivity (Wildman–Crippen MR) is 124 cm³/mol. The fraction of sp³-hybridized carbons (Fsp3) is 0.280. The van der Waals surface area contributed by atoms with Crippen LogP contribution in [0, 0.1) is 12.7 Å². The zero-order valence-electron chi connectivity index (χ0n) is 17.9. The summed E-state index contributed by atoms with van der Waals surface area (Å²) in [6, 6.07) is 17.7. The van der Waals surface area contributed by atoms with Gasteiger partial charge in [0, 0.05) is 12.6 Å². The highest BCUT2D eigenvalue weighted by atomic mass is 19.1. The molecule has 1 aliphatic heterocycles. The van der Waals surface area contributed by atoms with E-state index in [0.717, 1.165) is 35.2 Å². The first-order valence-electron chi connectivity index (χ1n) is 10.7. The van der Waals surface area contributed by atoms with Crippen LogP contribution in [0.1, 0.15) is 28.3 Å². The van der Waals surface area contributed by atoms with Crippen molar-refractivity contribution < 1.29 is 14.3 Å². The normalized spacial score (nSPS) is 15.9. The number of nitrogens with zero attached hydrogens (tertiary/aromatic N) is 1. The van der Waals surface area contributed by atoms with E-state index in [-0.39, 0.29) is 24.3 Å². The molecule has 2 atom stereocenters. The van der Waals surface area contributed by atoms with Crippen molar-refractivity contribution >= 4 is 17.5 Å². The van der Waals surface area contributed by atoms with Gasteiger partial charge in [0.1, 0.15) is 11.6 Å². The first-order valence-corrected chi connectivity index (χ1v) is 10.7. The Bertz CT molecular complexity index is 1090. The van der Waals surface area contributed by atoms with Gasteiger partial charge in [-0.05, 0) is 42.1 Å². The van der Waals surface area contributed by atoms with E-state index < -0.39 is 5.97 Å². The fourth-order valence-electron chi connectivity index (χ4n) is 4.10. The molecule has 0 radical (unpaired) electrons. The summed E-state index contributed by atoms with van der Waals surface area (Å²) < 4.78 is 13.5. The number of aromatic nitrogens is 1. The number of nitrogens with one attached hydrogen (secondary N) is 3. The van der Waals surface area contributed by atoms with Crippen LogP contribution in [0.3, 0.4) is 0 Å². The van der Waals surface area contributed by atoms with Crippen LogP contribution >= 0.6 is 0 Å². The molecule has 7 heteroatoms. The van der Waals surface area contributed by atoms with Gasteiger partial charge in [0.2, 0.25) is 0 Å². The highest BCUT2D eigenvalue weighted by Crippen LogP contribution is 2.29. The van der Waals surface area contributed by atoms with Gasteiger partial charge < -0.3 is 21.1 Å². The molecule has 0 aliphatic carbocycles. The van der Waals surface area contributed by atoms with Gasteiger partial charge in [-0.2, -0.15) is 0 Å². The van der Waals surface area contributed by atoms with Gasteiger partial charge in [-0.3, -0.25) is 4.79 Å². The largest absolute Gasteiger partial charge is 0.481 e. The predicted octanol–water partition coefficient (Wildman–Crippen LogP) is 3.94. The Morgan fingerprint density at radius 3 is 2.84 bits per heavy atom. The van der Waals surface area contributed by atoms with E-state index in [1.54, 1.807) is 0 Å². The molecule has 0 bridgehead atoms. The third-order valence-electron chi connectivity index (χ3n) is 5.78. The molecule has 166 valence electrons. The molecule has 0 fully saturated rings. The number of aryl methyl sites for hydroxylation is 1. The summed E-state index contributed by atoms with van der Waals surface area (Å²) in [6.07, 6.45) is 2.02. The summed E-state index contributed by atoms with van der Waals surface area (Å²) in [5.74, 6) is -0.547. The van der Waals surface area contributed by atoms with Crippen molar-refractivity contribution in [2.45, 2.75) is 31.8 Å². The Morgan fingerprint density at radius 2 is 2.06 bits per heavy atom. The number of pyridine rings is 1. The number of fused-ring (bicyclic) bond motifs is 1. The lowest BCUT2D eigenvalue weighted by Crippen LogP contribution is -2.44. The van der Waals surface area contributed by atoms with Crippen molar-refractivity contribution in [1.29, 1.82) is 0 Å². The maximum absolute atomic E-state index is 13.5. The van der Waals surface area contributed by atoms with Crippen LogP contribution in [0.5, 0.6) is 0 Å². The standard InChI is InChI=1S/C25H27FN4O2/c1-16-7-8-17(11-19(16)12-23(31)32)9-10-27-24(18-5-3-2-4-6-18)22-15-28-21-13-20(26)14-29-25(21)30-22/h2-8,11,13-14,22,24,27-28H,9-10,12,15H2,1H3,(H,29,30)(H,31,32)/t22-,24-/m1/s1. The number of hydrogen-bond acceptors (Lipinski definition) is 5. The number of benzene rings is 2. The Balaban J connectivity index is 1.47. The van der Waals surface area contributed by atoms with Crippen LogP contribution in [-0.2, 0) is 17.6 Å². The van der Waals surface area contributed by atoms with Gasteiger partial charge in [0.15, 0.2) is 0 Å². The number of carboxylic acid groups (broad SMARTS) is 1. The van der Waals surface area contributed by atoms with Crippen molar-refractivity contribution in [3.05, 3.63) is 88.9 Å². The number of halogens is 1. The van der Waals surface area contributed by atoms with Gasteiger partial charge in [0.05, 0.1) is 30.4 Å². The van der Waals surface area contributed by atoms with Crippen molar-refractivity contribution in [3.8, 4) is 0 Å².